The zero-order chi connectivity index (χ0) is 23.2. The van der Waals surface area contributed by atoms with E-state index in [0.717, 1.165) is 38.9 Å². The van der Waals surface area contributed by atoms with E-state index in [-0.39, 0.29) is 30.5 Å². The first-order valence-electron chi connectivity index (χ1n) is 10.8. The fraction of sp³-hybridized carbons (Fsp3) is 0.429. The van der Waals surface area contributed by atoms with Gasteiger partial charge in [0, 0.05) is 52.0 Å². The van der Waals surface area contributed by atoms with Crippen LogP contribution in [0, 0.1) is 5.41 Å². The second kappa shape index (κ2) is 10.6. The Morgan fingerprint density at radius 1 is 1.12 bits per heavy atom. The lowest BCUT2D eigenvalue weighted by molar-refractivity contribution is 0.139. The summed E-state index contributed by atoms with van der Waals surface area (Å²) in [6, 6.07) is 6.80. The van der Waals surface area contributed by atoms with Gasteiger partial charge in [0.05, 0.1) is 23.2 Å². The molecule has 33 heavy (non-hydrogen) atoms. The molecule has 5 N–H and O–H groups in total. The minimum Gasteiger partial charge on any atom is -0.395 e. The molecule has 0 atom stereocenters. The fourth-order valence-corrected chi connectivity index (χ4v) is 3.82. The minimum atomic E-state index is -2.84. The number of halogens is 2. The van der Waals surface area contributed by atoms with Crippen LogP contribution >= 0.6 is 0 Å². The van der Waals surface area contributed by atoms with Gasteiger partial charge in [0.2, 0.25) is 5.95 Å². The molecule has 2 aromatic heterocycles. The predicted molar refractivity (Wildman–Crippen MR) is 123 cm³/mol. The van der Waals surface area contributed by atoms with Crippen molar-refractivity contribution in [1.82, 2.24) is 29.7 Å². The highest BCUT2D eigenvalue weighted by atomic mass is 19.3. The highest BCUT2D eigenvalue weighted by molar-refractivity contribution is 5.90. The van der Waals surface area contributed by atoms with Crippen molar-refractivity contribution in [2.75, 3.05) is 63.1 Å². The Labute approximate surface area is 189 Å². The number of benzene rings is 1. The number of nitrogens with one attached hydrogen (secondary N) is 4. The lowest BCUT2D eigenvalue weighted by atomic mass is 10.2. The lowest BCUT2D eigenvalue weighted by Crippen LogP contribution is -2.45. The molecule has 4 rings (SSSR count). The van der Waals surface area contributed by atoms with Crippen LogP contribution in [0.3, 0.4) is 0 Å². The maximum atomic E-state index is 13.9. The summed E-state index contributed by atoms with van der Waals surface area (Å²) in [5.41, 5.74) is 1.13. The van der Waals surface area contributed by atoms with Crippen molar-refractivity contribution >= 4 is 29.0 Å². The summed E-state index contributed by atoms with van der Waals surface area (Å²) < 4.78 is 29.2. The lowest BCUT2D eigenvalue weighted by Gasteiger charge is -2.27. The van der Waals surface area contributed by atoms with Crippen molar-refractivity contribution in [3.63, 3.8) is 0 Å². The zero-order valence-electron chi connectivity index (χ0n) is 18.1. The molecule has 0 amide bonds. The molecule has 12 heteroatoms. The van der Waals surface area contributed by atoms with Crippen LogP contribution in [0.1, 0.15) is 17.8 Å². The molecule has 0 saturated carbocycles. The number of aliphatic hydroxyl groups is 1. The van der Waals surface area contributed by atoms with Crippen molar-refractivity contribution in [2.45, 2.75) is 6.43 Å². The van der Waals surface area contributed by atoms with Crippen LogP contribution in [0.2, 0.25) is 0 Å². The second-order valence-electron chi connectivity index (χ2n) is 7.54. The van der Waals surface area contributed by atoms with Crippen molar-refractivity contribution in [1.29, 1.82) is 5.41 Å². The number of para-hydroxylation sites is 2. The number of anilines is 2. The Morgan fingerprint density at radius 2 is 1.91 bits per heavy atom. The number of piperazine rings is 1. The third kappa shape index (κ3) is 5.07. The van der Waals surface area contributed by atoms with Gasteiger partial charge in [-0.05, 0) is 12.1 Å². The van der Waals surface area contributed by atoms with Gasteiger partial charge in [-0.1, -0.05) is 12.1 Å². The van der Waals surface area contributed by atoms with Crippen molar-refractivity contribution in [2.24, 2.45) is 0 Å². The quantitative estimate of drug-likeness (QED) is 0.289. The van der Waals surface area contributed by atoms with Crippen molar-refractivity contribution < 1.29 is 13.9 Å². The van der Waals surface area contributed by atoms with Crippen LogP contribution in [-0.2, 0) is 0 Å². The highest BCUT2D eigenvalue weighted by Crippen LogP contribution is 2.30. The van der Waals surface area contributed by atoms with Crippen LogP contribution in [-0.4, -0.2) is 88.2 Å². The number of fused-ring (bicyclic) bond motifs is 1. The number of imidazole rings is 1. The monoisotopic (exact) mass is 459 g/mol. The van der Waals surface area contributed by atoms with Gasteiger partial charge in [-0.15, -0.1) is 0 Å². The van der Waals surface area contributed by atoms with Crippen LogP contribution in [0.15, 0.2) is 24.3 Å². The minimum absolute atomic E-state index is 0.120. The Hall–Kier alpha value is -3.22. The van der Waals surface area contributed by atoms with Crippen LogP contribution in [0.5, 0.6) is 0 Å². The van der Waals surface area contributed by atoms with Gasteiger partial charge < -0.3 is 26.5 Å². The van der Waals surface area contributed by atoms with Gasteiger partial charge in [-0.25, -0.2) is 13.8 Å². The van der Waals surface area contributed by atoms with Crippen molar-refractivity contribution in [3.05, 3.63) is 35.7 Å². The fourth-order valence-electron chi connectivity index (χ4n) is 3.82. The molecule has 0 radical (unpaired) electrons. The largest absolute Gasteiger partial charge is 0.395 e. The van der Waals surface area contributed by atoms with Crippen molar-refractivity contribution in [3.8, 4) is 5.82 Å². The summed E-state index contributed by atoms with van der Waals surface area (Å²) in [7, 11) is 0. The summed E-state index contributed by atoms with van der Waals surface area (Å²) in [5.74, 6) is 0.169. The van der Waals surface area contributed by atoms with Crippen LogP contribution in [0.25, 0.3) is 16.9 Å². The number of aliphatic hydroxyl groups excluding tert-OH is 1. The maximum Gasteiger partial charge on any atom is 0.296 e. The number of nitrogens with zero attached hydrogens (tertiary/aromatic N) is 5. The van der Waals surface area contributed by atoms with Gasteiger partial charge in [0.15, 0.2) is 11.6 Å². The molecule has 0 spiro atoms. The smallest absolute Gasteiger partial charge is 0.296 e. The van der Waals surface area contributed by atoms with E-state index in [1.54, 1.807) is 24.3 Å². The molecule has 1 aliphatic heterocycles. The molecular formula is C21H27F2N9O. The molecule has 0 aliphatic carbocycles. The number of rotatable bonds is 10. The van der Waals surface area contributed by atoms with Gasteiger partial charge in [0.25, 0.3) is 6.43 Å². The van der Waals surface area contributed by atoms with E-state index in [2.05, 4.69) is 35.8 Å². The number of alkyl halides is 2. The van der Waals surface area contributed by atoms with E-state index < -0.39 is 12.2 Å². The zero-order valence-corrected chi connectivity index (χ0v) is 18.1. The average Bonchev–Trinajstić information content (AvgIpc) is 3.23. The molecule has 3 aromatic rings. The maximum absolute atomic E-state index is 13.9. The highest BCUT2D eigenvalue weighted by Gasteiger charge is 2.24. The van der Waals surface area contributed by atoms with E-state index in [4.69, 9.17) is 5.41 Å². The Kier molecular flexibility index (Phi) is 7.37. The van der Waals surface area contributed by atoms with Gasteiger partial charge >= 0.3 is 0 Å². The summed E-state index contributed by atoms with van der Waals surface area (Å²) in [6.07, 6.45) is -1.79. The number of hydrogen-bond acceptors (Lipinski definition) is 9. The topological polar surface area (TPSA) is 127 Å². The van der Waals surface area contributed by atoms with E-state index in [9.17, 15) is 13.9 Å². The van der Waals surface area contributed by atoms with Crippen LogP contribution in [0.4, 0.5) is 20.5 Å². The molecule has 1 saturated heterocycles. The molecule has 176 valence electrons. The molecule has 1 fully saturated rings. The average molecular weight is 460 g/mol. The Bertz CT molecular complexity index is 1100. The summed E-state index contributed by atoms with van der Waals surface area (Å²) >= 11 is 0. The second-order valence-corrected chi connectivity index (χ2v) is 7.54. The molecule has 1 aliphatic rings. The van der Waals surface area contributed by atoms with Gasteiger partial charge in [-0.2, -0.15) is 9.97 Å². The summed E-state index contributed by atoms with van der Waals surface area (Å²) in [5, 5.41) is 26.7. The molecule has 3 heterocycles. The van der Waals surface area contributed by atoms with E-state index >= 15 is 0 Å². The first-order valence-corrected chi connectivity index (χ1v) is 10.8. The van der Waals surface area contributed by atoms with E-state index in [1.807, 2.05) is 0 Å². The molecule has 10 nitrogen and oxygen atoms in total. The molecule has 0 unspecified atom stereocenters. The number of aromatic nitrogens is 4. The predicted octanol–water partition coefficient (Wildman–Crippen LogP) is 1.47. The summed E-state index contributed by atoms with van der Waals surface area (Å²) in [6.45, 7) is 5.12. The Balaban J connectivity index is 1.75. The molecule has 1 aromatic carbocycles. The third-order valence-electron chi connectivity index (χ3n) is 5.39. The normalized spacial score (nSPS) is 14.7. The summed E-state index contributed by atoms with van der Waals surface area (Å²) in [4.78, 5) is 15.3. The first-order chi connectivity index (χ1) is 16.1. The third-order valence-corrected chi connectivity index (χ3v) is 5.39. The van der Waals surface area contributed by atoms with Gasteiger partial charge in [0.1, 0.15) is 5.82 Å². The van der Waals surface area contributed by atoms with E-state index in [0.29, 0.717) is 23.4 Å². The van der Waals surface area contributed by atoms with Crippen LogP contribution < -0.4 is 16.0 Å². The molecule has 0 bridgehead atoms. The Morgan fingerprint density at radius 3 is 2.64 bits per heavy atom. The van der Waals surface area contributed by atoms with Gasteiger partial charge in [-0.3, -0.25) is 9.47 Å². The molecular weight excluding hydrogens is 432 g/mol. The first kappa shape index (κ1) is 23.0. The standard InChI is InChI=1S/C21H27F2N9O/c22-17(23)20-28-15-3-1-2-4-16(15)32(20)19-14(13-24)18(29-21(30-19)27-8-12-33)26-7-11-31-9-5-25-6-10-31/h1-4,13,17,24-25,33H,5-12H2,(H2,26,27,29,30). The number of hydrogen-bond donors (Lipinski definition) is 5. The SMILES string of the molecule is N=Cc1c(NCCN2CCNCC2)nc(NCCO)nc1-n1c(C(F)F)nc2ccccc21. The van der Waals surface area contributed by atoms with E-state index in [1.165, 1.54) is 4.57 Å².